The van der Waals surface area contributed by atoms with E-state index in [1.165, 1.54) is 23.5 Å². The Morgan fingerprint density at radius 1 is 0.935 bits per heavy atom. The molecule has 3 aromatic carbocycles. The Morgan fingerprint density at radius 2 is 1.65 bits per heavy atom. The lowest BCUT2D eigenvalue weighted by Gasteiger charge is -2.19. The van der Waals surface area contributed by atoms with Crippen LogP contribution in [-0.4, -0.2) is 41.7 Å². The lowest BCUT2D eigenvalue weighted by atomic mass is 10.2. The third kappa shape index (κ3) is 5.62. The molecule has 0 unspecified atom stereocenters. The fourth-order valence-electron chi connectivity index (χ4n) is 2.81. The van der Waals surface area contributed by atoms with Crippen molar-refractivity contribution in [1.82, 2.24) is 0 Å². The summed E-state index contributed by atoms with van der Waals surface area (Å²) in [6.07, 6.45) is 0. The minimum absolute atomic E-state index is 0.0356. The summed E-state index contributed by atoms with van der Waals surface area (Å²) >= 11 is 0. The summed E-state index contributed by atoms with van der Waals surface area (Å²) in [4.78, 5) is 12.7. The van der Waals surface area contributed by atoms with Crippen LogP contribution in [-0.2, 0) is 14.8 Å². The first kappa shape index (κ1) is 22.3. The van der Waals surface area contributed by atoms with Gasteiger partial charge in [0.25, 0.3) is 15.9 Å². The van der Waals surface area contributed by atoms with Crippen LogP contribution in [0.3, 0.4) is 0 Å². The summed E-state index contributed by atoms with van der Waals surface area (Å²) in [6.45, 7) is 0.915. The molecule has 0 bridgehead atoms. The van der Waals surface area contributed by atoms with Crippen LogP contribution in [0.4, 0.5) is 11.4 Å². The molecule has 7 nitrogen and oxygen atoms in total. The van der Waals surface area contributed by atoms with Crippen LogP contribution >= 0.6 is 0 Å². The Bertz CT molecular complexity index is 1120. The van der Waals surface area contributed by atoms with Crippen LogP contribution in [0.1, 0.15) is 10.4 Å². The maximum absolute atomic E-state index is 13.0. The molecule has 1 amide bonds. The van der Waals surface area contributed by atoms with Gasteiger partial charge in [0.15, 0.2) is 0 Å². The molecule has 0 heterocycles. The minimum atomic E-state index is -3.81. The summed E-state index contributed by atoms with van der Waals surface area (Å²) in [5.41, 5.74) is 1.34. The SMILES string of the molecule is COCCOc1ccc(NC(=O)c2cccc(S(=O)(=O)N(C)c3ccccc3)c2)cc1. The van der Waals surface area contributed by atoms with Gasteiger partial charge < -0.3 is 14.8 Å². The molecule has 0 atom stereocenters. The Hall–Kier alpha value is -3.36. The average Bonchev–Trinajstić information content (AvgIpc) is 2.80. The number of carbonyl (C=O) groups is 1. The second-order valence-electron chi connectivity index (χ2n) is 6.66. The van der Waals surface area contributed by atoms with Gasteiger partial charge in [0.05, 0.1) is 17.2 Å². The number of ether oxygens (including phenoxy) is 2. The zero-order valence-electron chi connectivity index (χ0n) is 17.3. The Labute approximate surface area is 182 Å². The van der Waals surface area contributed by atoms with Crippen LogP contribution in [0.25, 0.3) is 0 Å². The smallest absolute Gasteiger partial charge is 0.264 e. The second kappa shape index (κ2) is 10.1. The predicted molar refractivity (Wildman–Crippen MR) is 120 cm³/mol. The van der Waals surface area contributed by atoms with E-state index in [1.54, 1.807) is 67.8 Å². The number of anilines is 2. The number of methoxy groups -OCH3 is 1. The van der Waals surface area contributed by atoms with Gasteiger partial charge in [-0.15, -0.1) is 0 Å². The number of hydrogen-bond donors (Lipinski definition) is 1. The summed E-state index contributed by atoms with van der Waals surface area (Å²) in [5.74, 6) is 0.250. The number of para-hydroxylation sites is 1. The summed E-state index contributed by atoms with van der Waals surface area (Å²) in [5, 5.41) is 2.76. The molecule has 162 valence electrons. The van der Waals surface area contributed by atoms with E-state index in [0.717, 1.165) is 0 Å². The lowest BCUT2D eigenvalue weighted by Crippen LogP contribution is -2.26. The molecule has 0 saturated heterocycles. The van der Waals surface area contributed by atoms with E-state index in [0.29, 0.717) is 30.3 Å². The van der Waals surface area contributed by atoms with Gasteiger partial charge in [-0.2, -0.15) is 0 Å². The van der Waals surface area contributed by atoms with Gasteiger partial charge in [0.2, 0.25) is 0 Å². The number of rotatable bonds is 9. The molecule has 0 spiro atoms. The molecule has 0 aromatic heterocycles. The molecule has 0 fully saturated rings. The van der Waals surface area contributed by atoms with Gasteiger partial charge in [-0.25, -0.2) is 8.42 Å². The highest BCUT2D eigenvalue weighted by atomic mass is 32.2. The lowest BCUT2D eigenvalue weighted by molar-refractivity contribution is 0.102. The third-order valence-corrected chi connectivity index (χ3v) is 6.32. The standard InChI is InChI=1S/C23H24N2O5S/c1-25(20-8-4-3-5-9-20)31(27,28)22-10-6-7-18(17-22)23(26)24-19-11-13-21(14-12-19)30-16-15-29-2/h3-14,17H,15-16H2,1-2H3,(H,24,26). The van der Waals surface area contributed by atoms with Crippen LogP contribution in [0.2, 0.25) is 0 Å². The molecule has 8 heteroatoms. The Morgan fingerprint density at radius 3 is 2.32 bits per heavy atom. The van der Waals surface area contributed by atoms with Crippen molar-refractivity contribution in [3.8, 4) is 5.75 Å². The molecular weight excluding hydrogens is 416 g/mol. The van der Waals surface area contributed by atoms with Crippen LogP contribution in [0.5, 0.6) is 5.75 Å². The van der Waals surface area contributed by atoms with Crippen molar-refractivity contribution in [2.24, 2.45) is 0 Å². The van der Waals surface area contributed by atoms with Crippen molar-refractivity contribution in [2.45, 2.75) is 4.90 Å². The van der Waals surface area contributed by atoms with Gasteiger partial charge in [-0.05, 0) is 54.6 Å². The zero-order valence-corrected chi connectivity index (χ0v) is 18.1. The number of amides is 1. The van der Waals surface area contributed by atoms with Crippen LogP contribution in [0.15, 0.2) is 83.8 Å². The van der Waals surface area contributed by atoms with E-state index in [-0.39, 0.29) is 10.5 Å². The first-order chi connectivity index (χ1) is 14.9. The van der Waals surface area contributed by atoms with Gasteiger partial charge >= 0.3 is 0 Å². The summed E-state index contributed by atoms with van der Waals surface area (Å²) in [7, 11) is -0.732. The molecule has 0 radical (unpaired) electrons. The molecule has 3 rings (SSSR count). The Kier molecular flexibility index (Phi) is 7.28. The molecule has 0 aliphatic rings. The Balaban J connectivity index is 1.73. The van der Waals surface area contributed by atoms with E-state index in [2.05, 4.69) is 5.32 Å². The highest BCUT2D eigenvalue weighted by molar-refractivity contribution is 7.92. The van der Waals surface area contributed by atoms with E-state index < -0.39 is 15.9 Å². The topological polar surface area (TPSA) is 84.9 Å². The van der Waals surface area contributed by atoms with E-state index in [4.69, 9.17) is 9.47 Å². The third-order valence-electron chi connectivity index (χ3n) is 4.54. The van der Waals surface area contributed by atoms with E-state index >= 15 is 0 Å². The van der Waals surface area contributed by atoms with Crippen molar-refractivity contribution in [3.05, 3.63) is 84.4 Å². The molecular formula is C23H24N2O5S. The van der Waals surface area contributed by atoms with Gasteiger partial charge in [-0.3, -0.25) is 9.10 Å². The van der Waals surface area contributed by atoms with Crippen molar-refractivity contribution in [3.63, 3.8) is 0 Å². The number of nitrogens with zero attached hydrogens (tertiary/aromatic N) is 1. The zero-order chi connectivity index (χ0) is 22.3. The average molecular weight is 441 g/mol. The predicted octanol–water partition coefficient (Wildman–Crippen LogP) is 3.79. The molecule has 0 saturated carbocycles. The fourth-order valence-corrected chi connectivity index (χ4v) is 4.06. The molecule has 0 aliphatic carbocycles. The van der Waals surface area contributed by atoms with Crippen molar-refractivity contribution < 1.29 is 22.7 Å². The van der Waals surface area contributed by atoms with Gasteiger partial charge in [0.1, 0.15) is 12.4 Å². The van der Waals surface area contributed by atoms with Crippen molar-refractivity contribution >= 4 is 27.3 Å². The van der Waals surface area contributed by atoms with E-state index in [1.807, 2.05) is 6.07 Å². The normalized spacial score (nSPS) is 11.0. The summed E-state index contributed by atoms with van der Waals surface area (Å²) in [6, 6.07) is 21.6. The van der Waals surface area contributed by atoms with Crippen molar-refractivity contribution in [2.75, 3.05) is 37.0 Å². The van der Waals surface area contributed by atoms with Crippen LogP contribution in [0, 0.1) is 0 Å². The number of carbonyl (C=O) groups excluding carboxylic acids is 1. The molecule has 0 aliphatic heterocycles. The van der Waals surface area contributed by atoms with Crippen molar-refractivity contribution in [1.29, 1.82) is 0 Å². The quantitative estimate of drug-likeness (QED) is 0.512. The van der Waals surface area contributed by atoms with Gasteiger partial charge in [-0.1, -0.05) is 24.3 Å². The number of nitrogens with one attached hydrogen (secondary N) is 1. The van der Waals surface area contributed by atoms with Crippen LogP contribution < -0.4 is 14.4 Å². The summed E-state index contributed by atoms with van der Waals surface area (Å²) < 4.78 is 37.6. The number of sulfonamides is 1. The van der Waals surface area contributed by atoms with E-state index in [9.17, 15) is 13.2 Å². The molecule has 1 N–H and O–H groups in total. The highest BCUT2D eigenvalue weighted by Gasteiger charge is 2.22. The monoisotopic (exact) mass is 440 g/mol. The maximum atomic E-state index is 13.0. The molecule has 31 heavy (non-hydrogen) atoms. The maximum Gasteiger partial charge on any atom is 0.264 e. The number of benzene rings is 3. The van der Waals surface area contributed by atoms with Gasteiger partial charge in [0, 0.05) is 25.4 Å². The molecule has 3 aromatic rings. The fraction of sp³-hybridized carbons (Fsp3) is 0.174. The first-order valence-corrected chi connectivity index (χ1v) is 11.0. The number of hydrogen-bond acceptors (Lipinski definition) is 5. The first-order valence-electron chi connectivity index (χ1n) is 9.59. The second-order valence-corrected chi connectivity index (χ2v) is 8.62. The largest absolute Gasteiger partial charge is 0.491 e. The highest BCUT2D eigenvalue weighted by Crippen LogP contribution is 2.23. The minimum Gasteiger partial charge on any atom is -0.491 e.